The standard InChI is InChI=1S/C19H14F3N5/c1-11-2-7-17-26-18(12-3-5-13(20)6-4-12)14(27(17)10-11)9-23-19-24-15(21)8-16(22)25-19/h2-8,10H,9H2,1H3,(H,23,24,25). The maximum absolute atomic E-state index is 13.3. The van der Waals surface area contributed by atoms with Crippen LogP contribution >= 0.6 is 0 Å². The van der Waals surface area contributed by atoms with Gasteiger partial charge in [-0.15, -0.1) is 0 Å². The van der Waals surface area contributed by atoms with Crippen LogP contribution in [0.15, 0.2) is 48.7 Å². The number of aromatic nitrogens is 4. The van der Waals surface area contributed by atoms with Crippen molar-refractivity contribution in [3.05, 3.63) is 77.6 Å². The Morgan fingerprint density at radius 1 is 0.926 bits per heavy atom. The highest BCUT2D eigenvalue weighted by Gasteiger charge is 2.15. The highest BCUT2D eigenvalue weighted by Crippen LogP contribution is 2.26. The van der Waals surface area contributed by atoms with Gasteiger partial charge in [-0.1, -0.05) is 6.07 Å². The number of halogens is 3. The van der Waals surface area contributed by atoms with Gasteiger partial charge in [-0.2, -0.15) is 18.7 Å². The van der Waals surface area contributed by atoms with E-state index in [9.17, 15) is 13.2 Å². The summed E-state index contributed by atoms with van der Waals surface area (Å²) in [4.78, 5) is 11.7. The van der Waals surface area contributed by atoms with E-state index in [1.165, 1.54) is 12.1 Å². The van der Waals surface area contributed by atoms with Crippen LogP contribution in [-0.2, 0) is 6.54 Å². The second-order valence-electron chi connectivity index (χ2n) is 6.04. The van der Waals surface area contributed by atoms with Gasteiger partial charge in [0.2, 0.25) is 17.8 Å². The maximum Gasteiger partial charge on any atom is 0.228 e. The van der Waals surface area contributed by atoms with Crippen LogP contribution in [-0.4, -0.2) is 19.4 Å². The average Bonchev–Trinajstić information content (AvgIpc) is 2.97. The Kier molecular flexibility index (Phi) is 4.23. The fourth-order valence-electron chi connectivity index (χ4n) is 2.84. The van der Waals surface area contributed by atoms with Crippen LogP contribution in [0.3, 0.4) is 0 Å². The second kappa shape index (κ2) is 6.71. The molecular weight excluding hydrogens is 355 g/mol. The number of imidazole rings is 1. The van der Waals surface area contributed by atoms with E-state index in [2.05, 4.69) is 20.3 Å². The summed E-state index contributed by atoms with van der Waals surface area (Å²) in [5.41, 5.74) is 3.79. The molecule has 0 spiro atoms. The van der Waals surface area contributed by atoms with E-state index in [1.54, 1.807) is 12.1 Å². The van der Waals surface area contributed by atoms with Gasteiger partial charge in [0.05, 0.1) is 17.9 Å². The van der Waals surface area contributed by atoms with Crippen molar-refractivity contribution in [2.45, 2.75) is 13.5 Å². The third-order valence-electron chi connectivity index (χ3n) is 4.06. The zero-order chi connectivity index (χ0) is 19.0. The van der Waals surface area contributed by atoms with E-state index in [-0.39, 0.29) is 18.3 Å². The number of fused-ring (bicyclic) bond motifs is 1. The number of nitrogens with zero attached hydrogens (tertiary/aromatic N) is 4. The number of hydrogen-bond acceptors (Lipinski definition) is 4. The normalized spacial score (nSPS) is 11.1. The molecule has 0 amide bonds. The first-order valence-electron chi connectivity index (χ1n) is 8.17. The summed E-state index contributed by atoms with van der Waals surface area (Å²) >= 11 is 0. The molecule has 4 rings (SSSR count). The van der Waals surface area contributed by atoms with Gasteiger partial charge in [0, 0.05) is 17.8 Å². The van der Waals surface area contributed by atoms with Gasteiger partial charge in [-0.3, -0.25) is 0 Å². The first-order chi connectivity index (χ1) is 13.0. The molecule has 0 aliphatic carbocycles. The molecule has 0 atom stereocenters. The Bertz CT molecular complexity index is 1100. The highest BCUT2D eigenvalue weighted by molar-refractivity contribution is 5.67. The quantitative estimate of drug-likeness (QED) is 0.550. The Labute approximate surface area is 152 Å². The molecule has 136 valence electrons. The predicted octanol–water partition coefficient (Wildman–Crippen LogP) is 4.13. The molecule has 1 aromatic carbocycles. The minimum atomic E-state index is -0.960. The molecule has 3 heterocycles. The van der Waals surface area contributed by atoms with Crippen LogP contribution in [0.1, 0.15) is 11.3 Å². The molecule has 0 fully saturated rings. The maximum atomic E-state index is 13.3. The van der Waals surface area contributed by atoms with Gasteiger partial charge in [-0.25, -0.2) is 9.37 Å². The Morgan fingerprint density at radius 2 is 1.63 bits per heavy atom. The zero-order valence-electron chi connectivity index (χ0n) is 14.2. The lowest BCUT2D eigenvalue weighted by Gasteiger charge is -2.08. The lowest BCUT2D eigenvalue weighted by atomic mass is 10.1. The molecule has 5 nitrogen and oxygen atoms in total. The molecule has 0 saturated heterocycles. The molecule has 0 radical (unpaired) electrons. The van der Waals surface area contributed by atoms with Crippen molar-refractivity contribution >= 4 is 11.6 Å². The fraction of sp³-hybridized carbons (Fsp3) is 0.105. The van der Waals surface area contributed by atoms with E-state index in [0.29, 0.717) is 17.4 Å². The van der Waals surface area contributed by atoms with E-state index in [4.69, 9.17) is 0 Å². The molecule has 0 saturated carbocycles. The molecule has 0 aliphatic heterocycles. The smallest absolute Gasteiger partial charge is 0.228 e. The summed E-state index contributed by atoms with van der Waals surface area (Å²) in [6, 6.07) is 10.4. The predicted molar refractivity (Wildman–Crippen MR) is 94.6 cm³/mol. The van der Waals surface area contributed by atoms with E-state index < -0.39 is 11.9 Å². The molecular formula is C19H14F3N5. The molecule has 0 unspecified atom stereocenters. The lowest BCUT2D eigenvalue weighted by Crippen LogP contribution is -2.08. The summed E-state index contributed by atoms with van der Waals surface area (Å²) in [5, 5.41) is 2.82. The summed E-state index contributed by atoms with van der Waals surface area (Å²) in [5.74, 6) is -2.43. The van der Waals surface area contributed by atoms with Crippen LogP contribution in [0.5, 0.6) is 0 Å². The Morgan fingerprint density at radius 3 is 2.33 bits per heavy atom. The third-order valence-corrected chi connectivity index (χ3v) is 4.06. The Hall–Kier alpha value is -3.42. The molecule has 8 heteroatoms. The number of rotatable bonds is 4. The van der Waals surface area contributed by atoms with Crippen molar-refractivity contribution in [2.75, 3.05) is 5.32 Å². The zero-order valence-corrected chi connectivity index (χ0v) is 14.2. The number of hydrogen-bond donors (Lipinski definition) is 1. The van der Waals surface area contributed by atoms with Gasteiger partial charge in [0.15, 0.2) is 0 Å². The van der Waals surface area contributed by atoms with Crippen LogP contribution in [0.25, 0.3) is 16.9 Å². The largest absolute Gasteiger partial charge is 0.348 e. The van der Waals surface area contributed by atoms with Gasteiger partial charge in [-0.05, 0) is 42.8 Å². The summed E-state index contributed by atoms with van der Waals surface area (Å²) < 4.78 is 41.7. The first kappa shape index (κ1) is 17.0. The summed E-state index contributed by atoms with van der Waals surface area (Å²) in [6.07, 6.45) is 1.90. The summed E-state index contributed by atoms with van der Waals surface area (Å²) in [7, 11) is 0. The number of nitrogens with one attached hydrogen (secondary N) is 1. The molecule has 3 aromatic heterocycles. The molecule has 27 heavy (non-hydrogen) atoms. The Balaban J connectivity index is 1.78. The van der Waals surface area contributed by atoms with Crippen molar-refractivity contribution in [3.8, 4) is 11.3 Å². The minimum Gasteiger partial charge on any atom is -0.348 e. The molecule has 4 aromatic rings. The SMILES string of the molecule is Cc1ccc2nc(-c3ccc(F)cc3)c(CNc3nc(F)cc(F)n3)n2c1. The third kappa shape index (κ3) is 3.46. The van der Waals surface area contributed by atoms with Gasteiger partial charge in [0.1, 0.15) is 11.5 Å². The van der Waals surface area contributed by atoms with Crippen LogP contribution in [0.2, 0.25) is 0 Å². The number of pyridine rings is 1. The van der Waals surface area contributed by atoms with Crippen molar-refractivity contribution in [1.82, 2.24) is 19.4 Å². The van der Waals surface area contributed by atoms with E-state index in [0.717, 1.165) is 16.8 Å². The van der Waals surface area contributed by atoms with Crippen molar-refractivity contribution < 1.29 is 13.2 Å². The monoisotopic (exact) mass is 369 g/mol. The fourth-order valence-corrected chi connectivity index (χ4v) is 2.84. The van der Waals surface area contributed by atoms with E-state index in [1.807, 2.05) is 29.7 Å². The number of anilines is 1. The van der Waals surface area contributed by atoms with Crippen LogP contribution in [0.4, 0.5) is 19.1 Å². The van der Waals surface area contributed by atoms with E-state index >= 15 is 0 Å². The minimum absolute atomic E-state index is 0.167. The highest BCUT2D eigenvalue weighted by atomic mass is 19.1. The number of aryl methyl sites for hydroxylation is 1. The summed E-state index contributed by atoms with van der Waals surface area (Å²) in [6.45, 7) is 2.11. The first-order valence-corrected chi connectivity index (χ1v) is 8.17. The van der Waals surface area contributed by atoms with Gasteiger partial charge >= 0.3 is 0 Å². The van der Waals surface area contributed by atoms with Gasteiger partial charge < -0.3 is 9.72 Å². The second-order valence-corrected chi connectivity index (χ2v) is 6.04. The lowest BCUT2D eigenvalue weighted by molar-refractivity contribution is 0.527. The van der Waals surface area contributed by atoms with Crippen molar-refractivity contribution in [3.63, 3.8) is 0 Å². The molecule has 0 aliphatic rings. The number of benzene rings is 1. The topological polar surface area (TPSA) is 55.1 Å². The van der Waals surface area contributed by atoms with Crippen molar-refractivity contribution in [2.24, 2.45) is 0 Å². The molecule has 1 N–H and O–H groups in total. The van der Waals surface area contributed by atoms with Crippen LogP contribution in [0, 0.1) is 24.6 Å². The average molecular weight is 369 g/mol. The molecule has 0 bridgehead atoms. The van der Waals surface area contributed by atoms with Crippen molar-refractivity contribution in [1.29, 1.82) is 0 Å². The van der Waals surface area contributed by atoms with Gasteiger partial charge in [0.25, 0.3) is 0 Å². The van der Waals surface area contributed by atoms with Crippen LogP contribution < -0.4 is 5.32 Å².